The van der Waals surface area contributed by atoms with Crippen molar-refractivity contribution in [1.82, 2.24) is 4.31 Å². The highest BCUT2D eigenvalue weighted by molar-refractivity contribution is 7.88. The van der Waals surface area contributed by atoms with E-state index in [1.165, 1.54) is 17.4 Å². The monoisotopic (exact) mass is 309 g/mol. The van der Waals surface area contributed by atoms with E-state index in [0.29, 0.717) is 19.0 Å². The molecule has 118 valence electrons. The Kier molecular flexibility index (Phi) is 4.79. The van der Waals surface area contributed by atoms with E-state index in [9.17, 15) is 8.42 Å². The summed E-state index contributed by atoms with van der Waals surface area (Å²) in [6.07, 6.45) is 4.24. The molecule has 1 aromatic carbocycles. The van der Waals surface area contributed by atoms with E-state index in [-0.39, 0.29) is 5.41 Å². The summed E-state index contributed by atoms with van der Waals surface area (Å²) in [5.74, 6) is 0.471. The molecule has 21 heavy (non-hydrogen) atoms. The van der Waals surface area contributed by atoms with Crippen molar-refractivity contribution >= 4 is 10.0 Å². The van der Waals surface area contributed by atoms with Gasteiger partial charge in [-0.1, -0.05) is 45.0 Å². The first-order chi connectivity index (χ1) is 9.68. The minimum atomic E-state index is -3.05. The first kappa shape index (κ1) is 16.5. The van der Waals surface area contributed by atoms with Gasteiger partial charge in [-0.05, 0) is 41.7 Å². The van der Waals surface area contributed by atoms with Crippen LogP contribution in [0.25, 0.3) is 0 Å². The molecule has 0 amide bonds. The van der Waals surface area contributed by atoms with Crippen molar-refractivity contribution in [2.45, 2.75) is 51.4 Å². The van der Waals surface area contributed by atoms with Crippen LogP contribution in [-0.4, -0.2) is 32.1 Å². The third kappa shape index (κ3) is 4.30. The second-order valence-corrected chi connectivity index (χ2v) is 9.15. The molecule has 0 spiro atoms. The topological polar surface area (TPSA) is 37.4 Å². The predicted molar refractivity (Wildman–Crippen MR) is 88.2 cm³/mol. The first-order valence-electron chi connectivity index (χ1n) is 7.73. The molecule has 0 aliphatic carbocycles. The van der Waals surface area contributed by atoms with E-state index in [2.05, 4.69) is 45.0 Å². The van der Waals surface area contributed by atoms with E-state index in [1.54, 1.807) is 4.31 Å². The fourth-order valence-electron chi connectivity index (χ4n) is 2.99. The zero-order valence-electron chi connectivity index (χ0n) is 13.6. The van der Waals surface area contributed by atoms with Crippen molar-refractivity contribution in [3.05, 3.63) is 35.4 Å². The molecule has 1 aliphatic heterocycles. The van der Waals surface area contributed by atoms with Gasteiger partial charge in [0.05, 0.1) is 6.26 Å². The summed E-state index contributed by atoms with van der Waals surface area (Å²) in [6, 6.07) is 8.81. The summed E-state index contributed by atoms with van der Waals surface area (Å²) in [5.41, 5.74) is 2.86. The molecule has 0 unspecified atom stereocenters. The summed E-state index contributed by atoms with van der Waals surface area (Å²) >= 11 is 0. The van der Waals surface area contributed by atoms with Crippen LogP contribution in [0.15, 0.2) is 24.3 Å². The van der Waals surface area contributed by atoms with E-state index >= 15 is 0 Å². The highest BCUT2D eigenvalue weighted by atomic mass is 32.2. The Balaban J connectivity index is 2.16. The lowest BCUT2D eigenvalue weighted by Gasteiger charge is -2.22. The zero-order chi connectivity index (χ0) is 15.7. The number of hydrogen-bond acceptors (Lipinski definition) is 2. The van der Waals surface area contributed by atoms with Crippen LogP contribution < -0.4 is 0 Å². The molecule has 4 heteroatoms. The Morgan fingerprint density at radius 3 is 2.48 bits per heavy atom. The molecule has 0 aromatic heterocycles. The summed E-state index contributed by atoms with van der Waals surface area (Å²) in [5, 5.41) is 0. The van der Waals surface area contributed by atoms with Crippen LogP contribution in [-0.2, 0) is 15.4 Å². The zero-order valence-corrected chi connectivity index (χ0v) is 14.4. The standard InChI is InChI=1S/C17H27NO2S/c1-17(2,3)16-9-5-7-15(13-16)14-8-6-11-18(12-10-14)21(4,19)20/h5,7,9,13-14H,6,8,10-12H2,1-4H3/t14-/m0/s1. The maximum atomic E-state index is 11.7. The van der Waals surface area contributed by atoms with Gasteiger partial charge in [0, 0.05) is 13.1 Å². The van der Waals surface area contributed by atoms with Crippen molar-refractivity contribution in [3.63, 3.8) is 0 Å². The Bertz CT molecular complexity index is 587. The van der Waals surface area contributed by atoms with Gasteiger partial charge in [-0.3, -0.25) is 0 Å². The van der Waals surface area contributed by atoms with Crippen LogP contribution in [0, 0.1) is 0 Å². The second kappa shape index (κ2) is 6.09. The lowest BCUT2D eigenvalue weighted by Crippen LogP contribution is -2.30. The summed E-state index contributed by atoms with van der Waals surface area (Å²) in [4.78, 5) is 0. The number of hydrogen-bond donors (Lipinski definition) is 0. The lowest BCUT2D eigenvalue weighted by molar-refractivity contribution is 0.426. The average Bonchev–Trinajstić information content (AvgIpc) is 2.63. The first-order valence-corrected chi connectivity index (χ1v) is 9.58. The van der Waals surface area contributed by atoms with Crippen LogP contribution >= 0.6 is 0 Å². The Morgan fingerprint density at radius 1 is 1.14 bits per heavy atom. The Labute approximate surface area is 129 Å². The second-order valence-electron chi connectivity index (χ2n) is 7.17. The van der Waals surface area contributed by atoms with E-state index in [4.69, 9.17) is 0 Å². The van der Waals surface area contributed by atoms with Gasteiger partial charge in [-0.25, -0.2) is 12.7 Å². The largest absolute Gasteiger partial charge is 0.213 e. The molecule has 3 nitrogen and oxygen atoms in total. The number of benzene rings is 1. The maximum Gasteiger partial charge on any atom is 0.211 e. The molecule has 1 saturated heterocycles. The summed E-state index contributed by atoms with van der Waals surface area (Å²) < 4.78 is 25.0. The quantitative estimate of drug-likeness (QED) is 0.838. The minimum Gasteiger partial charge on any atom is -0.213 e. The van der Waals surface area contributed by atoms with Gasteiger partial charge < -0.3 is 0 Å². The molecule has 0 radical (unpaired) electrons. The molecule has 2 rings (SSSR count). The van der Waals surface area contributed by atoms with Crippen molar-refractivity contribution in [1.29, 1.82) is 0 Å². The highest BCUT2D eigenvalue weighted by Gasteiger charge is 2.24. The van der Waals surface area contributed by atoms with Crippen LogP contribution in [0.1, 0.15) is 57.1 Å². The average molecular weight is 309 g/mol. The van der Waals surface area contributed by atoms with Gasteiger partial charge >= 0.3 is 0 Å². The molecule has 1 aromatic rings. The molecular formula is C17H27NO2S. The van der Waals surface area contributed by atoms with Crippen LogP contribution in [0.2, 0.25) is 0 Å². The molecule has 0 bridgehead atoms. The third-order valence-electron chi connectivity index (χ3n) is 4.38. The number of rotatable bonds is 2. The van der Waals surface area contributed by atoms with E-state index in [0.717, 1.165) is 19.3 Å². The van der Waals surface area contributed by atoms with Gasteiger partial charge in [-0.15, -0.1) is 0 Å². The number of sulfonamides is 1. The fourth-order valence-corrected chi connectivity index (χ4v) is 3.89. The Hall–Kier alpha value is -0.870. The molecule has 1 atom stereocenters. The Morgan fingerprint density at radius 2 is 1.86 bits per heavy atom. The van der Waals surface area contributed by atoms with E-state index in [1.807, 2.05) is 0 Å². The predicted octanol–water partition coefficient (Wildman–Crippen LogP) is 3.51. The fraction of sp³-hybridized carbons (Fsp3) is 0.647. The van der Waals surface area contributed by atoms with Crippen molar-refractivity contribution in [3.8, 4) is 0 Å². The van der Waals surface area contributed by atoms with E-state index < -0.39 is 10.0 Å². The molecule has 1 heterocycles. The maximum absolute atomic E-state index is 11.7. The van der Waals surface area contributed by atoms with Gasteiger partial charge in [0.15, 0.2) is 0 Å². The normalized spacial score (nSPS) is 22.0. The minimum absolute atomic E-state index is 0.152. The number of nitrogens with zero attached hydrogens (tertiary/aromatic N) is 1. The SMILES string of the molecule is CC(C)(C)c1cccc([C@H]2CCCN(S(C)(=O)=O)CC2)c1. The third-order valence-corrected chi connectivity index (χ3v) is 5.68. The van der Waals surface area contributed by atoms with Crippen molar-refractivity contribution in [2.75, 3.05) is 19.3 Å². The summed E-state index contributed by atoms with van der Waals surface area (Å²) in [6.45, 7) is 7.98. The van der Waals surface area contributed by atoms with Crippen LogP contribution in [0.5, 0.6) is 0 Å². The highest BCUT2D eigenvalue weighted by Crippen LogP contribution is 2.31. The lowest BCUT2D eigenvalue weighted by atomic mass is 9.83. The smallest absolute Gasteiger partial charge is 0.211 e. The van der Waals surface area contributed by atoms with Crippen LogP contribution in [0.4, 0.5) is 0 Å². The molecular weight excluding hydrogens is 282 g/mol. The van der Waals surface area contributed by atoms with Crippen LogP contribution in [0.3, 0.4) is 0 Å². The summed E-state index contributed by atoms with van der Waals surface area (Å²) in [7, 11) is -3.05. The van der Waals surface area contributed by atoms with Gasteiger partial charge in [0.1, 0.15) is 0 Å². The molecule has 0 N–H and O–H groups in total. The molecule has 0 saturated carbocycles. The molecule has 1 fully saturated rings. The van der Waals surface area contributed by atoms with Gasteiger partial charge in [0.25, 0.3) is 0 Å². The van der Waals surface area contributed by atoms with Gasteiger partial charge in [0.2, 0.25) is 10.0 Å². The van der Waals surface area contributed by atoms with Gasteiger partial charge in [-0.2, -0.15) is 0 Å². The van der Waals surface area contributed by atoms with Crippen molar-refractivity contribution < 1.29 is 8.42 Å². The molecule has 1 aliphatic rings. The van der Waals surface area contributed by atoms with Crippen molar-refractivity contribution in [2.24, 2.45) is 0 Å².